The third-order valence-corrected chi connectivity index (χ3v) is 4.23. The second-order valence-electron chi connectivity index (χ2n) is 4.82. The van der Waals surface area contributed by atoms with Gasteiger partial charge in [-0.2, -0.15) is 0 Å². The lowest BCUT2D eigenvalue weighted by atomic mass is 10.1. The zero-order valence-corrected chi connectivity index (χ0v) is 15.1. The molecule has 22 heavy (non-hydrogen) atoms. The summed E-state index contributed by atoms with van der Waals surface area (Å²) in [6.07, 6.45) is 1.79. The summed E-state index contributed by atoms with van der Waals surface area (Å²) in [5.41, 5.74) is 0.946. The highest BCUT2D eigenvalue weighted by Crippen LogP contribution is 2.30. The smallest absolute Gasteiger partial charge is 0.137 e. The molecule has 0 unspecified atom stereocenters. The molecular weight excluding hydrogens is 406 g/mol. The number of benzene rings is 3. The van der Waals surface area contributed by atoms with Crippen molar-refractivity contribution in [2.45, 2.75) is 0 Å². The zero-order valence-electron chi connectivity index (χ0n) is 11.9. The Hall–Kier alpha value is -1.65. The van der Waals surface area contributed by atoms with Crippen LogP contribution in [0.4, 0.5) is 0 Å². The number of halogens is 2. The van der Waals surface area contributed by atoms with Gasteiger partial charge in [0.15, 0.2) is 0 Å². The molecule has 4 heteroatoms. The van der Waals surface area contributed by atoms with Gasteiger partial charge in [-0.3, -0.25) is 4.99 Å². The Balaban J connectivity index is 1.99. The van der Waals surface area contributed by atoms with Gasteiger partial charge in [-0.05, 0) is 53.2 Å². The van der Waals surface area contributed by atoms with Crippen LogP contribution < -0.4 is 4.74 Å². The molecule has 3 rings (SSSR count). The van der Waals surface area contributed by atoms with Crippen LogP contribution in [0.5, 0.6) is 11.5 Å². The molecule has 0 radical (unpaired) electrons. The molecule has 0 aliphatic carbocycles. The summed E-state index contributed by atoms with van der Waals surface area (Å²) in [7, 11) is 1.75. The van der Waals surface area contributed by atoms with E-state index >= 15 is 0 Å². The molecule has 0 spiro atoms. The summed E-state index contributed by atoms with van der Waals surface area (Å²) in [6, 6.07) is 18.2. The van der Waals surface area contributed by atoms with Crippen LogP contribution in [0.1, 0.15) is 5.56 Å². The standard InChI is InChI=1S/C18H13Br2NO/c1-21-11-14-3-6-16(20)10-18(14)22-17-7-4-12-8-15(19)5-2-13(12)9-17/h2-11H,1H3. The molecule has 0 saturated heterocycles. The molecule has 0 amide bonds. The molecule has 0 fully saturated rings. The van der Waals surface area contributed by atoms with Crippen LogP contribution in [-0.2, 0) is 0 Å². The summed E-state index contributed by atoms with van der Waals surface area (Å²) in [5.74, 6) is 1.58. The van der Waals surface area contributed by atoms with E-state index in [9.17, 15) is 0 Å². The maximum Gasteiger partial charge on any atom is 0.137 e. The van der Waals surface area contributed by atoms with Crippen molar-refractivity contribution < 1.29 is 4.74 Å². The average Bonchev–Trinajstić information content (AvgIpc) is 2.50. The number of hydrogen-bond donors (Lipinski definition) is 0. The number of nitrogens with zero attached hydrogens (tertiary/aromatic N) is 1. The van der Waals surface area contributed by atoms with E-state index in [1.54, 1.807) is 13.3 Å². The molecule has 0 aliphatic rings. The first-order chi connectivity index (χ1) is 10.7. The van der Waals surface area contributed by atoms with Crippen LogP contribution in [0.3, 0.4) is 0 Å². The Morgan fingerprint density at radius 2 is 1.55 bits per heavy atom. The van der Waals surface area contributed by atoms with Crippen molar-refractivity contribution in [3.05, 3.63) is 69.1 Å². The summed E-state index contributed by atoms with van der Waals surface area (Å²) in [4.78, 5) is 4.07. The monoisotopic (exact) mass is 417 g/mol. The Kier molecular flexibility index (Phi) is 4.60. The Bertz CT molecular complexity index is 859. The molecule has 2 nitrogen and oxygen atoms in total. The Morgan fingerprint density at radius 3 is 2.36 bits per heavy atom. The maximum atomic E-state index is 6.05. The van der Waals surface area contributed by atoms with Crippen LogP contribution in [0, 0.1) is 0 Å². The number of ether oxygens (including phenoxy) is 1. The molecule has 0 heterocycles. The minimum atomic E-state index is 0.774. The van der Waals surface area contributed by atoms with Gasteiger partial charge in [0.05, 0.1) is 0 Å². The van der Waals surface area contributed by atoms with Gasteiger partial charge in [0, 0.05) is 27.8 Å². The first kappa shape index (κ1) is 15.3. The van der Waals surface area contributed by atoms with Crippen molar-refractivity contribution in [2.24, 2.45) is 4.99 Å². The highest BCUT2D eigenvalue weighted by atomic mass is 79.9. The Morgan fingerprint density at radius 1 is 0.864 bits per heavy atom. The van der Waals surface area contributed by atoms with Crippen molar-refractivity contribution in [2.75, 3.05) is 7.05 Å². The van der Waals surface area contributed by atoms with Crippen LogP contribution in [0.2, 0.25) is 0 Å². The van der Waals surface area contributed by atoms with Gasteiger partial charge >= 0.3 is 0 Å². The lowest BCUT2D eigenvalue weighted by Crippen LogP contribution is -1.91. The Labute approximate surface area is 146 Å². The van der Waals surface area contributed by atoms with Crippen LogP contribution >= 0.6 is 31.9 Å². The second kappa shape index (κ2) is 6.63. The normalized spacial score (nSPS) is 11.2. The number of fused-ring (bicyclic) bond motifs is 1. The number of aliphatic imine (C=N–C) groups is 1. The number of hydrogen-bond acceptors (Lipinski definition) is 2. The molecule has 0 aromatic heterocycles. The van der Waals surface area contributed by atoms with Gasteiger partial charge in [-0.25, -0.2) is 0 Å². The van der Waals surface area contributed by atoms with Crippen molar-refractivity contribution >= 4 is 48.8 Å². The fourth-order valence-electron chi connectivity index (χ4n) is 2.23. The van der Waals surface area contributed by atoms with Gasteiger partial charge in [0.2, 0.25) is 0 Å². The molecular formula is C18H13Br2NO. The molecule has 0 bridgehead atoms. The number of rotatable bonds is 3. The van der Waals surface area contributed by atoms with Gasteiger partial charge < -0.3 is 4.74 Å². The zero-order chi connectivity index (χ0) is 15.5. The third kappa shape index (κ3) is 3.39. The SMILES string of the molecule is CN=Cc1ccc(Br)cc1Oc1ccc2cc(Br)ccc2c1. The topological polar surface area (TPSA) is 21.6 Å². The fourth-order valence-corrected chi connectivity index (χ4v) is 2.95. The fraction of sp³-hybridized carbons (Fsp3) is 0.0556. The van der Waals surface area contributed by atoms with E-state index in [4.69, 9.17) is 4.74 Å². The van der Waals surface area contributed by atoms with Crippen molar-refractivity contribution in [1.82, 2.24) is 0 Å². The maximum absolute atomic E-state index is 6.05. The van der Waals surface area contributed by atoms with E-state index in [-0.39, 0.29) is 0 Å². The first-order valence-corrected chi connectivity index (χ1v) is 8.33. The quantitative estimate of drug-likeness (QED) is 0.463. The summed E-state index contributed by atoms with van der Waals surface area (Å²) in [5, 5.41) is 2.31. The lowest BCUT2D eigenvalue weighted by molar-refractivity contribution is 0.482. The van der Waals surface area contributed by atoms with Gasteiger partial charge in [-0.15, -0.1) is 0 Å². The minimum absolute atomic E-state index is 0.774. The van der Waals surface area contributed by atoms with Crippen LogP contribution in [-0.4, -0.2) is 13.3 Å². The molecule has 3 aromatic rings. The van der Waals surface area contributed by atoms with E-state index in [1.807, 2.05) is 36.4 Å². The van der Waals surface area contributed by atoms with Crippen molar-refractivity contribution in [3.63, 3.8) is 0 Å². The van der Waals surface area contributed by atoms with Crippen LogP contribution in [0.15, 0.2) is 68.5 Å². The molecule has 0 saturated carbocycles. The molecule has 0 N–H and O–H groups in total. The van der Waals surface area contributed by atoms with E-state index in [0.29, 0.717) is 0 Å². The van der Waals surface area contributed by atoms with Gasteiger partial charge in [0.25, 0.3) is 0 Å². The van der Waals surface area contributed by atoms with Crippen molar-refractivity contribution in [1.29, 1.82) is 0 Å². The lowest BCUT2D eigenvalue weighted by Gasteiger charge is -2.10. The highest BCUT2D eigenvalue weighted by molar-refractivity contribution is 9.10. The summed E-state index contributed by atoms with van der Waals surface area (Å²) in [6.45, 7) is 0. The highest BCUT2D eigenvalue weighted by Gasteiger charge is 2.05. The molecule has 3 aromatic carbocycles. The van der Waals surface area contributed by atoms with E-state index in [1.165, 1.54) is 5.39 Å². The van der Waals surface area contributed by atoms with Gasteiger partial charge in [0.1, 0.15) is 11.5 Å². The average molecular weight is 419 g/mol. The summed E-state index contributed by atoms with van der Waals surface area (Å²) >= 11 is 6.97. The van der Waals surface area contributed by atoms with E-state index in [2.05, 4.69) is 55.1 Å². The molecule has 110 valence electrons. The predicted octanol–water partition coefficient (Wildman–Crippen LogP) is 6.21. The predicted molar refractivity (Wildman–Crippen MR) is 99.4 cm³/mol. The van der Waals surface area contributed by atoms with E-state index < -0.39 is 0 Å². The summed E-state index contributed by atoms with van der Waals surface area (Å²) < 4.78 is 8.09. The van der Waals surface area contributed by atoms with E-state index in [0.717, 1.165) is 31.4 Å². The molecule has 0 atom stereocenters. The third-order valence-electron chi connectivity index (χ3n) is 3.25. The second-order valence-corrected chi connectivity index (χ2v) is 6.66. The van der Waals surface area contributed by atoms with Gasteiger partial charge in [-0.1, -0.05) is 44.0 Å². The largest absolute Gasteiger partial charge is 0.457 e. The van der Waals surface area contributed by atoms with Crippen molar-refractivity contribution in [3.8, 4) is 11.5 Å². The minimum Gasteiger partial charge on any atom is -0.457 e. The molecule has 0 aliphatic heterocycles. The first-order valence-electron chi connectivity index (χ1n) is 6.74. The van der Waals surface area contributed by atoms with Crippen LogP contribution in [0.25, 0.3) is 10.8 Å².